The van der Waals surface area contributed by atoms with Gasteiger partial charge in [-0.2, -0.15) is 0 Å². The summed E-state index contributed by atoms with van der Waals surface area (Å²) in [7, 11) is 2.15. The maximum Gasteiger partial charge on any atom is 0.257 e. The van der Waals surface area contributed by atoms with Gasteiger partial charge in [-0.15, -0.1) is 0 Å². The first-order valence-electron chi connectivity index (χ1n) is 12.1. The average Bonchev–Trinajstić information content (AvgIpc) is 3.30. The molecule has 3 aliphatic rings. The Hall–Kier alpha value is -2.02. The molecule has 2 amide bonds. The van der Waals surface area contributed by atoms with Gasteiger partial charge in [0.25, 0.3) is 5.91 Å². The SMILES string of the molecule is Cc1ncc(C(=O)N2CCCC2)c(CC2CCN(C(=O)C[C@@H]3CCCCN3C)CC2)n1. The highest BCUT2D eigenvalue weighted by molar-refractivity contribution is 5.95. The molecule has 0 N–H and O–H groups in total. The molecule has 4 rings (SSSR count). The number of hydrogen-bond acceptors (Lipinski definition) is 5. The van der Waals surface area contributed by atoms with Crippen LogP contribution in [0, 0.1) is 12.8 Å². The summed E-state index contributed by atoms with van der Waals surface area (Å²) in [5, 5.41) is 0. The van der Waals surface area contributed by atoms with E-state index in [0.717, 1.165) is 82.8 Å². The number of hydrogen-bond donors (Lipinski definition) is 0. The molecule has 3 saturated heterocycles. The Balaban J connectivity index is 1.33. The highest BCUT2D eigenvalue weighted by Crippen LogP contribution is 2.25. The molecule has 0 saturated carbocycles. The molecule has 1 aromatic rings. The van der Waals surface area contributed by atoms with Crippen molar-refractivity contribution >= 4 is 11.8 Å². The van der Waals surface area contributed by atoms with E-state index >= 15 is 0 Å². The highest BCUT2D eigenvalue weighted by Gasteiger charge is 2.29. The van der Waals surface area contributed by atoms with E-state index < -0.39 is 0 Å². The maximum absolute atomic E-state index is 13.0. The zero-order valence-electron chi connectivity index (χ0n) is 19.2. The van der Waals surface area contributed by atoms with Crippen molar-refractivity contribution < 1.29 is 9.59 Å². The van der Waals surface area contributed by atoms with Crippen LogP contribution in [0.4, 0.5) is 0 Å². The van der Waals surface area contributed by atoms with Crippen molar-refractivity contribution in [2.45, 2.75) is 70.8 Å². The lowest BCUT2D eigenvalue weighted by Crippen LogP contribution is -2.44. The van der Waals surface area contributed by atoms with Crippen LogP contribution in [0.15, 0.2) is 6.20 Å². The Kier molecular flexibility index (Phi) is 7.20. The zero-order valence-corrected chi connectivity index (χ0v) is 19.2. The summed E-state index contributed by atoms with van der Waals surface area (Å²) in [6, 6.07) is 0.405. The minimum absolute atomic E-state index is 0.0803. The van der Waals surface area contributed by atoms with Crippen molar-refractivity contribution in [3.8, 4) is 0 Å². The Bertz CT molecular complexity index is 784. The van der Waals surface area contributed by atoms with Crippen LogP contribution in [0.2, 0.25) is 0 Å². The summed E-state index contributed by atoms with van der Waals surface area (Å²) in [6.07, 6.45) is 10.9. The number of likely N-dealkylation sites (tertiary alicyclic amines) is 3. The molecule has 1 aromatic heterocycles. The Morgan fingerprint density at radius 2 is 1.68 bits per heavy atom. The number of rotatable bonds is 5. The van der Waals surface area contributed by atoms with Crippen LogP contribution in [0.25, 0.3) is 0 Å². The number of carbonyl (C=O) groups is 2. The molecular weight excluding hydrogens is 390 g/mol. The number of carbonyl (C=O) groups excluding carboxylic acids is 2. The van der Waals surface area contributed by atoms with E-state index in [4.69, 9.17) is 0 Å². The number of piperidine rings is 2. The molecule has 0 radical (unpaired) electrons. The fraction of sp³-hybridized carbons (Fsp3) is 0.750. The molecule has 7 nitrogen and oxygen atoms in total. The summed E-state index contributed by atoms with van der Waals surface area (Å²) < 4.78 is 0. The molecule has 3 aliphatic heterocycles. The minimum atomic E-state index is 0.0803. The maximum atomic E-state index is 13.0. The second-order valence-electron chi connectivity index (χ2n) is 9.64. The lowest BCUT2D eigenvalue weighted by Gasteiger charge is -2.36. The van der Waals surface area contributed by atoms with Gasteiger partial charge in [0.15, 0.2) is 0 Å². The van der Waals surface area contributed by atoms with Gasteiger partial charge in [-0.3, -0.25) is 9.59 Å². The van der Waals surface area contributed by atoms with Crippen LogP contribution in [0.3, 0.4) is 0 Å². The average molecular weight is 428 g/mol. The van der Waals surface area contributed by atoms with E-state index in [1.165, 1.54) is 12.8 Å². The number of amides is 2. The summed E-state index contributed by atoms with van der Waals surface area (Å²) in [5.74, 6) is 1.56. The lowest BCUT2D eigenvalue weighted by atomic mass is 9.90. The molecule has 170 valence electrons. The molecule has 31 heavy (non-hydrogen) atoms. The van der Waals surface area contributed by atoms with Gasteiger partial charge in [-0.1, -0.05) is 6.42 Å². The second kappa shape index (κ2) is 10.1. The van der Waals surface area contributed by atoms with Gasteiger partial charge in [0.05, 0.1) is 11.3 Å². The molecule has 1 atom stereocenters. The summed E-state index contributed by atoms with van der Waals surface area (Å²) >= 11 is 0. The van der Waals surface area contributed by atoms with E-state index in [1.807, 2.05) is 11.8 Å². The van der Waals surface area contributed by atoms with Crippen molar-refractivity contribution in [3.63, 3.8) is 0 Å². The monoisotopic (exact) mass is 427 g/mol. The molecule has 0 aliphatic carbocycles. The highest BCUT2D eigenvalue weighted by atomic mass is 16.2. The standard InChI is InChI=1S/C24H37N5O2/c1-18-25-17-21(24(31)29-11-5-6-12-29)22(26-18)15-19-8-13-28(14-9-19)23(30)16-20-7-3-4-10-27(20)2/h17,19-20H,3-16H2,1-2H3/t20-/m0/s1. The summed E-state index contributed by atoms with van der Waals surface area (Å²) in [4.78, 5) is 41.1. The first-order valence-corrected chi connectivity index (χ1v) is 12.1. The smallest absolute Gasteiger partial charge is 0.257 e. The van der Waals surface area contributed by atoms with Crippen LogP contribution in [-0.2, 0) is 11.2 Å². The zero-order chi connectivity index (χ0) is 21.8. The fourth-order valence-electron chi connectivity index (χ4n) is 5.33. The predicted octanol–water partition coefficient (Wildman–Crippen LogP) is 2.68. The largest absolute Gasteiger partial charge is 0.343 e. The molecule has 0 spiro atoms. The predicted molar refractivity (Wildman–Crippen MR) is 120 cm³/mol. The van der Waals surface area contributed by atoms with Gasteiger partial charge in [0, 0.05) is 44.8 Å². The number of aromatic nitrogens is 2. The van der Waals surface area contributed by atoms with E-state index in [2.05, 4.69) is 26.8 Å². The first-order chi connectivity index (χ1) is 15.0. The molecule has 0 aromatic carbocycles. The van der Waals surface area contributed by atoms with Gasteiger partial charge >= 0.3 is 0 Å². The van der Waals surface area contributed by atoms with Gasteiger partial charge < -0.3 is 14.7 Å². The van der Waals surface area contributed by atoms with E-state index in [-0.39, 0.29) is 5.91 Å². The van der Waals surface area contributed by atoms with Crippen LogP contribution in [0.1, 0.15) is 73.2 Å². The minimum Gasteiger partial charge on any atom is -0.343 e. The number of nitrogens with zero attached hydrogens (tertiary/aromatic N) is 5. The van der Waals surface area contributed by atoms with Crippen molar-refractivity contribution in [3.05, 3.63) is 23.3 Å². The van der Waals surface area contributed by atoms with Gasteiger partial charge in [0.1, 0.15) is 5.82 Å². The molecule has 7 heteroatoms. The Morgan fingerprint density at radius 1 is 0.968 bits per heavy atom. The van der Waals surface area contributed by atoms with Crippen LogP contribution in [-0.4, -0.2) is 82.3 Å². The third kappa shape index (κ3) is 5.43. The van der Waals surface area contributed by atoms with E-state index in [9.17, 15) is 9.59 Å². The number of aryl methyl sites for hydroxylation is 1. The quantitative estimate of drug-likeness (QED) is 0.723. The molecule has 4 heterocycles. The molecular formula is C24H37N5O2. The van der Waals surface area contributed by atoms with Crippen LogP contribution >= 0.6 is 0 Å². The van der Waals surface area contributed by atoms with Gasteiger partial charge in [0.2, 0.25) is 5.91 Å². The van der Waals surface area contributed by atoms with E-state index in [0.29, 0.717) is 29.9 Å². The van der Waals surface area contributed by atoms with Crippen molar-refractivity contribution in [2.24, 2.45) is 5.92 Å². The van der Waals surface area contributed by atoms with E-state index in [1.54, 1.807) is 6.20 Å². The summed E-state index contributed by atoms with van der Waals surface area (Å²) in [5.41, 5.74) is 1.56. The van der Waals surface area contributed by atoms with Crippen LogP contribution < -0.4 is 0 Å². The van der Waals surface area contributed by atoms with Crippen molar-refractivity contribution in [1.29, 1.82) is 0 Å². The third-order valence-electron chi connectivity index (χ3n) is 7.39. The van der Waals surface area contributed by atoms with Crippen molar-refractivity contribution in [1.82, 2.24) is 24.7 Å². The van der Waals surface area contributed by atoms with Gasteiger partial charge in [-0.05, 0) is 71.4 Å². The Morgan fingerprint density at radius 3 is 2.39 bits per heavy atom. The molecule has 0 bridgehead atoms. The lowest BCUT2D eigenvalue weighted by molar-refractivity contribution is -0.134. The summed E-state index contributed by atoms with van der Waals surface area (Å²) in [6.45, 7) is 6.30. The van der Waals surface area contributed by atoms with Crippen molar-refractivity contribution in [2.75, 3.05) is 39.8 Å². The van der Waals surface area contributed by atoms with Crippen LogP contribution in [0.5, 0.6) is 0 Å². The topological polar surface area (TPSA) is 69.6 Å². The fourth-order valence-corrected chi connectivity index (χ4v) is 5.33. The van der Waals surface area contributed by atoms with Gasteiger partial charge in [-0.25, -0.2) is 9.97 Å². The molecule has 3 fully saturated rings. The Labute approximate surface area is 186 Å². The molecule has 0 unspecified atom stereocenters. The normalized spacial score (nSPS) is 23.4. The third-order valence-corrected chi connectivity index (χ3v) is 7.39. The second-order valence-corrected chi connectivity index (χ2v) is 9.64. The first kappa shape index (κ1) is 22.2.